The molecule has 1 saturated heterocycles. The van der Waals surface area contributed by atoms with Gasteiger partial charge in [-0.1, -0.05) is 50.3 Å². The Bertz CT molecular complexity index is 546. The number of hydrogen-bond acceptors (Lipinski definition) is 1. The number of fused-ring (bicyclic) bond motifs is 1. The van der Waals surface area contributed by atoms with Crippen molar-refractivity contribution in [3.05, 3.63) is 47.5 Å². The largest absolute Gasteiger partial charge is 0.380 e. The van der Waals surface area contributed by atoms with Crippen LogP contribution >= 0.6 is 0 Å². The van der Waals surface area contributed by atoms with Crippen molar-refractivity contribution in [3.63, 3.8) is 0 Å². The smallest absolute Gasteiger partial charge is 0.0575 e. The van der Waals surface area contributed by atoms with Crippen LogP contribution in [0.2, 0.25) is 0 Å². The second-order valence-electron chi connectivity index (χ2n) is 6.74. The standard InChI is InChI=1S/C18H22O/c1-13-7-8-14(2)18-12-19-11-17(13,18)10-9-15-5-3-4-6-16(15)18/h3-8,13-14H,9-12H2,1-2H3/t13-,14+,17+,18-/m0/s1. The molecule has 0 bridgehead atoms. The summed E-state index contributed by atoms with van der Waals surface area (Å²) >= 11 is 0. The molecule has 1 fully saturated rings. The number of ether oxygens (including phenoxy) is 1. The molecule has 0 unspecified atom stereocenters. The fraction of sp³-hybridized carbons (Fsp3) is 0.556. The summed E-state index contributed by atoms with van der Waals surface area (Å²) in [5, 5.41) is 0. The molecule has 3 aliphatic rings. The first kappa shape index (κ1) is 11.7. The second kappa shape index (κ2) is 3.73. The van der Waals surface area contributed by atoms with E-state index in [0.29, 0.717) is 17.3 Å². The normalized spacial score (nSPS) is 43.5. The molecule has 2 aliphatic carbocycles. The van der Waals surface area contributed by atoms with Crippen molar-refractivity contribution >= 4 is 0 Å². The van der Waals surface area contributed by atoms with Gasteiger partial charge < -0.3 is 4.74 Å². The lowest BCUT2D eigenvalue weighted by Crippen LogP contribution is -2.56. The fourth-order valence-electron chi connectivity index (χ4n) is 5.12. The van der Waals surface area contributed by atoms with Crippen LogP contribution in [0, 0.1) is 17.3 Å². The van der Waals surface area contributed by atoms with Gasteiger partial charge in [-0.2, -0.15) is 0 Å². The number of benzene rings is 1. The van der Waals surface area contributed by atoms with Gasteiger partial charge in [0.15, 0.2) is 0 Å². The van der Waals surface area contributed by atoms with Crippen molar-refractivity contribution < 1.29 is 4.74 Å². The summed E-state index contributed by atoms with van der Waals surface area (Å²) in [7, 11) is 0. The van der Waals surface area contributed by atoms with Gasteiger partial charge in [0.2, 0.25) is 0 Å². The lowest BCUT2D eigenvalue weighted by molar-refractivity contribution is 0.0534. The van der Waals surface area contributed by atoms with Gasteiger partial charge in [-0.05, 0) is 35.8 Å². The van der Waals surface area contributed by atoms with Crippen LogP contribution in [0.1, 0.15) is 31.4 Å². The highest BCUT2D eigenvalue weighted by Gasteiger charge is 2.63. The van der Waals surface area contributed by atoms with Gasteiger partial charge in [0.05, 0.1) is 13.2 Å². The SMILES string of the molecule is C[C@@H]1C=C[C@H](C)[C@]23CCc4ccccc4[C@]12COC3. The number of rotatable bonds is 0. The van der Waals surface area contributed by atoms with E-state index in [1.165, 1.54) is 12.8 Å². The lowest BCUT2D eigenvalue weighted by Gasteiger charge is -2.56. The molecule has 19 heavy (non-hydrogen) atoms. The zero-order valence-electron chi connectivity index (χ0n) is 11.9. The zero-order valence-corrected chi connectivity index (χ0v) is 11.9. The Balaban J connectivity index is 2.02. The van der Waals surface area contributed by atoms with E-state index in [1.54, 1.807) is 11.1 Å². The molecule has 1 nitrogen and oxygen atoms in total. The molecule has 1 aliphatic heterocycles. The van der Waals surface area contributed by atoms with E-state index in [4.69, 9.17) is 4.74 Å². The summed E-state index contributed by atoms with van der Waals surface area (Å²) in [5.74, 6) is 1.20. The van der Waals surface area contributed by atoms with E-state index in [1.807, 2.05) is 0 Å². The topological polar surface area (TPSA) is 9.23 Å². The second-order valence-corrected chi connectivity index (χ2v) is 6.74. The van der Waals surface area contributed by atoms with Crippen molar-refractivity contribution in [3.8, 4) is 0 Å². The van der Waals surface area contributed by atoms with Crippen molar-refractivity contribution in [1.82, 2.24) is 0 Å². The van der Waals surface area contributed by atoms with Crippen LogP contribution < -0.4 is 0 Å². The quantitative estimate of drug-likeness (QED) is 0.641. The molecule has 1 aromatic carbocycles. The molecule has 0 radical (unpaired) electrons. The first-order valence-corrected chi connectivity index (χ1v) is 7.55. The fourth-order valence-corrected chi connectivity index (χ4v) is 5.12. The van der Waals surface area contributed by atoms with Crippen molar-refractivity contribution in [2.45, 2.75) is 32.1 Å². The van der Waals surface area contributed by atoms with Crippen LogP contribution in [-0.2, 0) is 16.6 Å². The molecule has 0 amide bonds. The Morgan fingerprint density at radius 2 is 1.84 bits per heavy atom. The van der Waals surface area contributed by atoms with Gasteiger partial charge in [0.25, 0.3) is 0 Å². The molecule has 1 aromatic rings. The van der Waals surface area contributed by atoms with Gasteiger partial charge in [-0.25, -0.2) is 0 Å². The maximum atomic E-state index is 6.08. The minimum atomic E-state index is 0.218. The van der Waals surface area contributed by atoms with Gasteiger partial charge >= 0.3 is 0 Å². The van der Waals surface area contributed by atoms with Crippen molar-refractivity contribution in [2.75, 3.05) is 13.2 Å². The highest BCUT2D eigenvalue weighted by atomic mass is 16.5. The molecule has 0 saturated carbocycles. The van der Waals surface area contributed by atoms with Crippen LogP contribution in [0.15, 0.2) is 36.4 Å². The lowest BCUT2D eigenvalue weighted by atomic mass is 9.46. The van der Waals surface area contributed by atoms with Gasteiger partial charge in [-0.15, -0.1) is 0 Å². The highest BCUT2D eigenvalue weighted by molar-refractivity contribution is 5.45. The summed E-state index contributed by atoms with van der Waals surface area (Å²) in [6.07, 6.45) is 7.36. The summed E-state index contributed by atoms with van der Waals surface area (Å²) in [5.41, 5.74) is 3.67. The third-order valence-corrected chi connectivity index (χ3v) is 6.25. The van der Waals surface area contributed by atoms with Crippen LogP contribution in [0.4, 0.5) is 0 Å². The van der Waals surface area contributed by atoms with Crippen LogP contribution in [0.25, 0.3) is 0 Å². The first-order chi connectivity index (χ1) is 9.21. The predicted octanol–water partition coefficient (Wildman–Crippen LogP) is 3.73. The van der Waals surface area contributed by atoms with E-state index in [-0.39, 0.29) is 5.41 Å². The highest BCUT2D eigenvalue weighted by Crippen LogP contribution is 2.63. The Morgan fingerprint density at radius 1 is 1.05 bits per heavy atom. The first-order valence-electron chi connectivity index (χ1n) is 7.55. The van der Waals surface area contributed by atoms with Gasteiger partial charge in [-0.3, -0.25) is 0 Å². The molecule has 0 aromatic heterocycles. The Hall–Kier alpha value is -1.08. The minimum absolute atomic E-state index is 0.218. The van der Waals surface area contributed by atoms with Crippen LogP contribution in [-0.4, -0.2) is 13.2 Å². The zero-order chi connectivity index (χ0) is 13.1. The molecule has 0 N–H and O–H groups in total. The van der Waals surface area contributed by atoms with E-state index in [2.05, 4.69) is 50.3 Å². The maximum absolute atomic E-state index is 6.08. The molecular formula is C18H22O. The number of aryl methyl sites for hydroxylation is 1. The third kappa shape index (κ3) is 1.20. The summed E-state index contributed by atoms with van der Waals surface area (Å²) in [4.78, 5) is 0. The molecule has 1 heteroatoms. The number of hydrogen-bond donors (Lipinski definition) is 0. The predicted molar refractivity (Wildman–Crippen MR) is 77.2 cm³/mol. The Kier molecular flexibility index (Phi) is 2.30. The number of allylic oxidation sites excluding steroid dienone is 2. The molecule has 4 atom stereocenters. The average Bonchev–Trinajstić information content (AvgIpc) is 2.86. The van der Waals surface area contributed by atoms with Crippen molar-refractivity contribution in [2.24, 2.45) is 17.3 Å². The van der Waals surface area contributed by atoms with E-state index in [0.717, 1.165) is 13.2 Å². The van der Waals surface area contributed by atoms with Crippen LogP contribution in [0.5, 0.6) is 0 Å². The molecule has 1 heterocycles. The van der Waals surface area contributed by atoms with Crippen LogP contribution in [0.3, 0.4) is 0 Å². The summed E-state index contributed by atoms with van der Waals surface area (Å²) in [6.45, 7) is 6.62. The van der Waals surface area contributed by atoms with Gasteiger partial charge in [0.1, 0.15) is 0 Å². The van der Waals surface area contributed by atoms with E-state index >= 15 is 0 Å². The van der Waals surface area contributed by atoms with Gasteiger partial charge in [0, 0.05) is 10.8 Å². The minimum Gasteiger partial charge on any atom is -0.380 e. The van der Waals surface area contributed by atoms with E-state index < -0.39 is 0 Å². The maximum Gasteiger partial charge on any atom is 0.0575 e. The molecule has 4 rings (SSSR count). The average molecular weight is 254 g/mol. The summed E-state index contributed by atoms with van der Waals surface area (Å²) in [6, 6.07) is 9.07. The van der Waals surface area contributed by atoms with Crippen molar-refractivity contribution in [1.29, 1.82) is 0 Å². The Morgan fingerprint density at radius 3 is 2.74 bits per heavy atom. The molecular weight excluding hydrogens is 232 g/mol. The Labute approximate surface area is 115 Å². The summed E-state index contributed by atoms with van der Waals surface area (Å²) < 4.78 is 6.08. The monoisotopic (exact) mass is 254 g/mol. The third-order valence-electron chi connectivity index (χ3n) is 6.25. The molecule has 100 valence electrons. The molecule has 0 spiro atoms. The van der Waals surface area contributed by atoms with E-state index in [9.17, 15) is 0 Å².